The van der Waals surface area contributed by atoms with Crippen LogP contribution in [-0.2, 0) is 0 Å². The van der Waals surface area contributed by atoms with Crippen molar-refractivity contribution in [2.24, 2.45) is 4.99 Å². The molecule has 0 aliphatic rings. The summed E-state index contributed by atoms with van der Waals surface area (Å²) in [7, 11) is 0. The second kappa shape index (κ2) is 7.71. The average molecular weight is 326 g/mol. The van der Waals surface area contributed by atoms with E-state index in [9.17, 15) is 10.1 Å². The van der Waals surface area contributed by atoms with Gasteiger partial charge in [0.25, 0.3) is 5.69 Å². The van der Waals surface area contributed by atoms with Gasteiger partial charge in [-0.15, -0.1) is 0 Å². The van der Waals surface area contributed by atoms with Crippen molar-refractivity contribution in [3.63, 3.8) is 0 Å². The van der Waals surface area contributed by atoms with Crippen LogP contribution in [0.15, 0.2) is 83.9 Å². The molecule has 0 aromatic heterocycles. The summed E-state index contributed by atoms with van der Waals surface area (Å²) in [5, 5.41) is 10.6. The Morgan fingerprint density at radius 3 is 2.00 bits per heavy atom. The molecule has 0 heterocycles. The van der Waals surface area contributed by atoms with E-state index in [0.717, 1.165) is 16.7 Å². The second-order valence-corrected chi connectivity index (χ2v) is 5.27. The molecule has 25 heavy (non-hydrogen) atoms. The number of nitro groups is 1. The molecule has 4 nitrogen and oxygen atoms in total. The predicted octanol–water partition coefficient (Wildman–Crippen LogP) is 4.75. The average Bonchev–Trinajstić information content (AvgIpc) is 2.67. The summed E-state index contributed by atoms with van der Waals surface area (Å²) in [6.45, 7) is 0. The lowest BCUT2D eigenvalue weighted by Crippen LogP contribution is -1.86. The topological polar surface area (TPSA) is 55.5 Å². The number of nitrogens with zero attached hydrogens (tertiary/aromatic N) is 2. The minimum Gasteiger partial charge on any atom is -0.258 e. The van der Waals surface area contributed by atoms with Gasteiger partial charge in [-0.1, -0.05) is 42.2 Å². The van der Waals surface area contributed by atoms with Crippen molar-refractivity contribution < 1.29 is 4.92 Å². The Bertz CT molecular complexity index is 949. The highest BCUT2D eigenvalue weighted by Crippen LogP contribution is 2.17. The molecule has 0 radical (unpaired) electrons. The van der Waals surface area contributed by atoms with Crippen molar-refractivity contribution in [3.05, 3.63) is 106 Å². The fourth-order valence-electron chi connectivity index (χ4n) is 2.13. The first-order valence-corrected chi connectivity index (χ1v) is 7.66. The first kappa shape index (κ1) is 16.2. The van der Waals surface area contributed by atoms with Crippen LogP contribution in [0.4, 0.5) is 11.4 Å². The smallest absolute Gasteiger partial charge is 0.258 e. The molecule has 0 unspecified atom stereocenters. The number of nitro benzene ring substituents is 1. The molecule has 3 rings (SSSR count). The molecule has 0 bridgehead atoms. The van der Waals surface area contributed by atoms with Gasteiger partial charge >= 0.3 is 0 Å². The molecule has 0 saturated carbocycles. The summed E-state index contributed by atoms with van der Waals surface area (Å²) >= 11 is 0. The predicted molar refractivity (Wildman–Crippen MR) is 99.2 cm³/mol. The van der Waals surface area contributed by atoms with E-state index in [4.69, 9.17) is 0 Å². The fraction of sp³-hybridized carbons (Fsp3) is 0. The van der Waals surface area contributed by atoms with E-state index < -0.39 is 4.92 Å². The Balaban J connectivity index is 1.68. The third-order valence-corrected chi connectivity index (χ3v) is 3.46. The Hall–Kier alpha value is -3.71. The number of hydrogen-bond donors (Lipinski definition) is 0. The summed E-state index contributed by atoms with van der Waals surface area (Å²) in [5.74, 6) is 6.23. The standard InChI is InChI=1S/C21H14N2O2/c24-23(25)21-14-12-20(13-15-21)22-16-19-10-8-18(9-11-19)7-6-17-4-2-1-3-5-17/h1-5,8-16H. The maximum Gasteiger partial charge on any atom is 0.269 e. The first-order chi connectivity index (χ1) is 12.2. The third kappa shape index (κ3) is 4.63. The Morgan fingerprint density at radius 2 is 1.40 bits per heavy atom. The van der Waals surface area contributed by atoms with Gasteiger partial charge in [-0.05, 0) is 42.0 Å². The van der Waals surface area contributed by atoms with E-state index >= 15 is 0 Å². The van der Waals surface area contributed by atoms with Gasteiger partial charge in [0, 0.05) is 29.5 Å². The van der Waals surface area contributed by atoms with Crippen LogP contribution in [0, 0.1) is 22.0 Å². The lowest BCUT2D eigenvalue weighted by Gasteiger charge is -1.96. The zero-order valence-corrected chi connectivity index (χ0v) is 13.3. The van der Waals surface area contributed by atoms with Crippen LogP contribution < -0.4 is 0 Å². The van der Waals surface area contributed by atoms with E-state index in [1.54, 1.807) is 18.3 Å². The molecular weight excluding hydrogens is 312 g/mol. The highest BCUT2D eigenvalue weighted by Gasteiger charge is 2.02. The summed E-state index contributed by atoms with van der Waals surface area (Å²) in [4.78, 5) is 14.5. The highest BCUT2D eigenvalue weighted by atomic mass is 16.6. The Labute approximate surface area is 145 Å². The van der Waals surface area contributed by atoms with Crippen molar-refractivity contribution in [3.8, 4) is 11.8 Å². The molecule has 3 aromatic rings. The molecule has 4 heteroatoms. The fourth-order valence-corrected chi connectivity index (χ4v) is 2.13. The largest absolute Gasteiger partial charge is 0.269 e. The van der Waals surface area contributed by atoms with Crippen molar-refractivity contribution in [1.82, 2.24) is 0 Å². The highest BCUT2D eigenvalue weighted by molar-refractivity contribution is 5.82. The van der Waals surface area contributed by atoms with Gasteiger partial charge in [-0.3, -0.25) is 15.1 Å². The van der Waals surface area contributed by atoms with Crippen LogP contribution in [0.25, 0.3) is 0 Å². The van der Waals surface area contributed by atoms with Gasteiger partial charge in [0.1, 0.15) is 0 Å². The molecule has 0 atom stereocenters. The van der Waals surface area contributed by atoms with Crippen molar-refractivity contribution in [1.29, 1.82) is 0 Å². The van der Waals surface area contributed by atoms with Gasteiger partial charge in [0.05, 0.1) is 10.6 Å². The molecule has 3 aromatic carbocycles. The maximum absolute atomic E-state index is 10.6. The number of aliphatic imine (C=N–C) groups is 1. The number of benzene rings is 3. The van der Waals surface area contributed by atoms with Crippen molar-refractivity contribution >= 4 is 17.6 Å². The molecular formula is C21H14N2O2. The molecule has 0 spiro atoms. The summed E-state index contributed by atoms with van der Waals surface area (Å²) in [5.41, 5.74) is 3.56. The van der Waals surface area contributed by atoms with Gasteiger partial charge in [0.2, 0.25) is 0 Å². The van der Waals surface area contributed by atoms with Crippen LogP contribution in [0.1, 0.15) is 16.7 Å². The van der Waals surface area contributed by atoms with E-state index in [1.807, 2.05) is 54.6 Å². The minimum absolute atomic E-state index is 0.0558. The molecule has 0 aliphatic heterocycles. The van der Waals surface area contributed by atoms with Crippen molar-refractivity contribution in [2.45, 2.75) is 0 Å². The first-order valence-electron chi connectivity index (χ1n) is 7.66. The zero-order chi connectivity index (χ0) is 17.5. The van der Waals surface area contributed by atoms with Gasteiger partial charge < -0.3 is 0 Å². The van der Waals surface area contributed by atoms with Crippen LogP contribution in [0.5, 0.6) is 0 Å². The molecule has 120 valence electrons. The molecule has 0 fully saturated rings. The second-order valence-electron chi connectivity index (χ2n) is 5.27. The summed E-state index contributed by atoms with van der Waals surface area (Å²) in [6.07, 6.45) is 1.72. The van der Waals surface area contributed by atoms with Gasteiger partial charge in [0.15, 0.2) is 0 Å². The lowest BCUT2D eigenvalue weighted by molar-refractivity contribution is -0.384. The van der Waals surface area contributed by atoms with E-state index in [1.165, 1.54) is 12.1 Å². The van der Waals surface area contributed by atoms with Crippen LogP contribution in [0.2, 0.25) is 0 Å². The van der Waals surface area contributed by atoms with E-state index in [2.05, 4.69) is 16.8 Å². The monoisotopic (exact) mass is 326 g/mol. The van der Waals surface area contributed by atoms with E-state index in [-0.39, 0.29) is 5.69 Å². The van der Waals surface area contributed by atoms with Crippen molar-refractivity contribution in [2.75, 3.05) is 0 Å². The normalized spacial score (nSPS) is 10.2. The summed E-state index contributed by atoms with van der Waals surface area (Å²) < 4.78 is 0. The zero-order valence-electron chi connectivity index (χ0n) is 13.3. The van der Waals surface area contributed by atoms with Gasteiger partial charge in [-0.2, -0.15) is 0 Å². The Morgan fingerprint density at radius 1 is 0.800 bits per heavy atom. The van der Waals surface area contributed by atoms with Crippen LogP contribution in [0.3, 0.4) is 0 Å². The third-order valence-electron chi connectivity index (χ3n) is 3.46. The molecule has 0 N–H and O–H groups in total. The number of rotatable bonds is 3. The molecule has 0 saturated heterocycles. The van der Waals surface area contributed by atoms with Crippen LogP contribution in [-0.4, -0.2) is 11.1 Å². The minimum atomic E-state index is -0.428. The Kier molecular flexibility index (Phi) is 4.98. The number of non-ortho nitro benzene ring substituents is 1. The molecule has 0 aliphatic carbocycles. The SMILES string of the molecule is O=[N+]([O-])c1ccc(N=Cc2ccc(C#Cc3ccccc3)cc2)cc1. The van der Waals surface area contributed by atoms with Gasteiger partial charge in [-0.25, -0.2) is 0 Å². The molecule has 0 amide bonds. The maximum atomic E-state index is 10.6. The lowest BCUT2D eigenvalue weighted by atomic mass is 10.1. The number of hydrogen-bond acceptors (Lipinski definition) is 3. The van der Waals surface area contributed by atoms with E-state index in [0.29, 0.717) is 5.69 Å². The summed E-state index contributed by atoms with van der Waals surface area (Å²) in [6, 6.07) is 23.7. The quantitative estimate of drug-likeness (QED) is 0.302. The van der Waals surface area contributed by atoms with Crippen LogP contribution >= 0.6 is 0 Å².